The smallest absolute Gasteiger partial charge is 0.0126 e. The Morgan fingerprint density at radius 2 is 1.82 bits per heavy atom. The highest BCUT2D eigenvalue weighted by Crippen LogP contribution is 2.36. The number of rotatable bonds is 4. The first-order valence-corrected chi connectivity index (χ1v) is 7.65. The van der Waals surface area contributed by atoms with Crippen molar-refractivity contribution < 1.29 is 0 Å². The molecular weight excluding hydrogens is 208 g/mol. The van der Waals surface area contributed by atoms with Crippen molar-refractivity contribution in [2.75, 3.05) is 13.6 Å². The predicted molar refractivity (Wildman–Crippen MR) is 74.3 cm³/mol. The monoisotopic (exact) mass is 238 g/mol. The van der Waals surface area contributed by atoms with E-state index in [1.54, 1.807) is 0 Å². The van der Waals surface area contributed by atoms with E-state index in [0.717, 1.165) is 18.0 Å². The number of nitrogens with zero attached hydrogens (tertiary/aromatic N) is 1. The van der Waals surface area contributed by atoms with E-state index in [9.17, 15) is 0 Å². The summed E-state index contributed by atoms with van der Waals surface area (Å²) in [5.41, 5.74) is 0. The molecule has 1 heterocycles. The SMILES string of the molecule is CNC(C)CC(C)N1CCC[C@H]2CCCC[C@H]21. The van der Waals surface area contributed by atoms with E-state index < -0.39 is 0 Å². The average Bonchev–Trinajstić information content (AvgIpc) is 2.37. The molecule has 1 saturated carbocycles. The second-order valence-electron chi connectivity index (χ2n) is 6.27. The van der Waals surface area contributed by atoms with Gasteiger partial charge in [0, 0.05) is 18.1 Å². The normalized spacial score (nSPS) is 34.1. The summed E-state index contributed by atoms with van der Waals surface area (Å²) >= 11 is 0. The van der Waals surface area contributed by atoms with Gasteiger partial charge in [-0.25, -0.2) is 0 Å². The van der Waals surface area contributed by atoms with Gasteiger partial charge < -0.3 is 5.32 Å². The van der Waals surface area contributed by atoms with Gasteiger partial charge in [-0.05, 0) is 65.5 Å². The molecular formula is C15H30N2. The maximum atomic E-state index is 3.38. The van der Waals surface area contributed by atoms with E-state index in [2.05, 4.69) is 31.1 Å². The molecule has 0 aromatic rings. The summed E-state index contributed by atoms with van der Waals surface area (Å²) in [5.74, 6) is 1.02. The molecule has 2 fully saturated rings. The van der Waals surface area contributed by atoms with Gasteiger partial charge in [-0.15, -0.1) is 0 Å². The number of likely N-dealkylation sites (tertiary alicyclic amines) is 1. The standard InChI is InChI=1S/C15H30N2/c1-12(16-3)11-13(2)17-10-6-8-14-7-4-5-9-15(14)17/h12-16H,4-11H2,1-3H3/t12?,13?,14-,15-/m1/s1. The van der Waals surface area contributed by atoms with Crippen LogP contribution in [-0.4, -0.2) is 36.6 Å². The van der Waals surface area contributed by atoms with Gasteiger partial charge in [-0.3, -0.25) is 4.90 Å². The van der Waals surface area contributed by atoms with Crippen molar-refractivity contribution in [2.24, 2.45) is 5.92 Å². The first kappa shape index (κ1) is 13.4. The lowest BCUT2D eigenvalue weighted by Gasteiger charge is -2.47. The lowest BCUT2D eigenvalue weighted by Crippen LogP contribution is -2.51. The van der Waals surface area contributed by atoms with Crippen LogP contribution in [0.1, 0.15) is 58.8 Å². The summed E-state index contributed by atoms with van der Waals surface area (Å²) in [6.45, 7) is 6.09. The minimum absolute atomic E-state index is 0.647. The number of hydrogen-bond acceptors (Lipinski definition) is 2. The Labute approximate surface area is 107 Å². The van der Waals surface area contributed by atoms with Crippen LogP contribution in [0.15, 0.2) is 0 Å². The van der Waals surface area contributed by atoms with E-state index in [0.29, 0.717) is 6.04 Å². The third-order valence-corrected chi connectivity index (χ3v) is 5.04. The summed E-state index contributed by atoms with van der Waals surface area (Å²) in [5, 5.41) is 3.38. The summed E-state index contributed by atoms with van der Waals surface area (Å²) in [6.07, 6.45) is 10.1. The number of nitrogens with one attached hydrogen (secondary N) is 1. The summed E-state index contributed by atoms with van der Waals surface area (Å²) in [4.78, 5) is 2.83. The van der Waals surface area contributed by atoms with Gasteiger partial charge in [0.15, 0.2) is 0 Å². The Morgan fingerprint density at radius 1 is 1.12 bits per heavy atom. The Hall–Kier alpha value is -0.0800. The molecule has 2 aliphatic rings. The van der Waals surface area contributed by atoms with Gasteiger partial charge in [0.25, 0.3) is 0 Å². The topological polar surface area (TPSA) is 15.3 Å². The maximum absolute atomic E-state index is 3.38. The number of hydrogen-bond donors (Lipinski definition) is 1. The molecule has 1 aliphatic carbocycles. The van der Waals surface area contributed by atoms with Gasteiger partial charge in [0.1, 0.15) is 0 Å². The molecule has 0 amide bonds. The molecule has 1 saturated heterocycles. The van der Waals surface area contributed by atoms with Crippen LogP contribution in [-0.2, 0) is 0 Å². The van der Waals surface area contributed by atoms with E-state index in [4.69, 9.17) is 0 Å². The van der Waals surface area contributed by atoms with Crippen molar-refractivity contribution in [1.29, 1.82) is 0 Å². The third-order valence-electron chi connectivity index (χ3n) is 5.04. The molecule has 1 N–H and O–H groups in total. The fraction of sp³-hybridized carbons (Fsp3) is 1.00. The van der Waals surface area contributed by atoms with Crippen LogP contribution < -0.4 is 5.32 Å². The summed E-state index contributed by atoms with van der Waals surface area (Å²) < 4.78 is 0. The first-order chi connectivity index (χ1) is 8.22. The van der Waals surface area contributed by atoms with Gasteiger partial charge in [-0.2, -0.15) is 0 Å². The lowest BCUT2D eigenvalue weighted by molar-refractivity contribution is 0.0263. The van der Waals surface area contributed by atoms with Crippen LogP contribution in [0, 0.1) is 5.92 Å². The van der Waals surface area contributed by atoms with E-state index in [1.807, 2.05) is 0 Å². The zero-order chi connectivity index (χ0) is 12.3. The van der Waals surface area contributed by atoms with Crippen molar-refractivity contribution in [1.82, 2.24) is 10.2 Å². The van der Waals surface area contributed by atoms with E-state index in [-0.39, 0.29) is 0 Å². The average molecular weight is 238 g/mol. The molecule has 2 unspecified atom stereocenters. The second kappa shape index (κ2) is 6.19. The molecule has 0 aromatic carbocycles. The van der Waals surface area contributed by atoms with Crippen LogP contribution in [0.2, 0.25) is 0 Å². The molecule has 2 rings (SSSR count). The van der Waals surface area contributed by atoms with Gasteiger partial charge in [0.05, 0.1) is 0 Å². The van der Waals surface area contributed by atoms with E-state index in [1.165, 1.54) is 51.5 Å². The van der Waals surface area contributed by atoms with Crippen LogP contribution in [0.3, 0.4) is 0 Å². The Bertz CT molecular complexity index is 227. The van der Waals surface area contributed by atoms with Gasteiger partial charge in [-0.1, -0.05) is 12.8 Å². The molecule has 0 radical (unpaired) electrons. The molecule has 2 nitrogen and oxygen atoms in total. The van der Waals surface area contributed by atoms with Crippen LogP contribution in [0.4, 0.5) is 0 Å². The minimum Gasteiger partial charge on any atom is -0.317 e. The van der Waals surface area contributed by atoms with Crippen LogP contribution in [0.5, 0.6) is 0 Å². The van der Waals surface area contributed by atoms with Crippen molar-refractivity contribution in [3.63, 3.8) is 0 Å². The molecule has 1 aliphatic heterocycles. The molecule has 2 heteroatoms. The highest BCUT2D eigenvalue weighted by molar-refractivity contribution is 4.90. The van der Waals surface area contributed by atoms with E-state index >= 15 is 0 Å². The number of piperidine rings is 1. The fourth-order valence-electron chi connectivity index (χ4n) is 3.98. The van der Waals surface area contributed by atoms with Crippen LogP contribution in [0.25, 0.3) is 0 Å². The van der Waals surface area contributed by atoms with Crippen molar-refractivity contribution in [3.8, 4) is 0 Å². The largest absolute Gasteiger partial charge is 0.317 e. The zero-order valence-corrected chi connectivity index (χ0v) is 11.9. The highest BCUT2D eigenvalue weighted by atomic mass is 15.2. The summed E-state index contributed by atoms with van der Waals surface area (Å²) in [7, 11) is 2.08. The quantitative estimate of drug-likeness (QED) is 0.810. The summed E-state index contributed by atoms with van der Waals surface area (Å²) in [6, 6.07) is 2.31. The molecule has 0 bridgehead atoms. The molecule has 100 valence electrons. The zero-order valence-electron chi connectivity index (χ0n) is 11.9. The lowest BCUT2D eigenvalue weighted by atomic mass is 9.77. The molecule has 0 spiro atoms. The fourth-order valence-corrected chi connectivity index (χ4v) is 3.98. The number of fused-ring (bicyclic) bond motifs is 1. The minimum atomic E-state index is 0.647. The van der Waals surface area contributed by atoms with Gasteiger partial charge in [0.2, 0.25) is 0 Å². The highest BCUT2D eigenvalue weighted by Gasteiger charge is 2.35. The molecule has 4 atom stereocenters. The molecule has 0 aromatic heterocycles. The first-order valence-electron chi connectivity index (χ1n) is 7.65. The van der Waals surface area contributed by atoms with Gasteiger partial charge >= 0.3 is 0 Å². The maximum Gasteiger partial charge on any atom is 0.0126 e. The Kier molecular flexibility index (Phi) is 4.87. The Balaban J connectivity index is 1.93. The van der Waals surface area contributed by atoms with Crippen molar-refractivity contribution >= 4 is 0 Å². The van der Waals surface area contributed by atoms with Crippen LogP contribution >= 0.6 is 0 Å². The van der Waals surface area contributed by atoms with Crippen molar-refractivity contribution in [3.05, 3.63) is 0 Å². The Morgan fingerprint density at radius 3 is 2.59 bits per heavy atom. The second-order valence-corrected chi connectivity index (χ2v) is 6.27. The van der Waals surface area contributed by atoms with Crippen molar-refractivity contribution in [2.45, 2.75) is 76.9 Å². The molecule has 17 heavy (non-hydrogen) atoms. The predicted octanol–water partition coefficient (Wildman–Crippen LogP) is 3.03. The third kappa shape index (κ3) is 3.23.